The predicted molar refractivity (Wildman–Crippen MR) is 66.5 cm³/mol. The van der Waals surface area contributed by atoms with Crippen LogP contribution in [0.1, 0.15) is 11.1 Å². The van der Waals surface area contributed by atoms with Gasteiger partial charge in [0.1, 0.15) is 17.4 Å². The summed E-state index contributed by atoms with van der Waals surface area (Å²) in [6.07, 6.45) is 0. The summed E-state index contributed by atoms with van der Waals surface area (Å²) in [6.45, 7) is 2.15. The van der Waals surface area contributed by atoms with Crippen molar-refractivity contribution in [1.82, 2.24) is 0 Å². The number of phenols is 1. The molecule has 0 atom stereocenters. The molecule has 0 spiro atoms. The van der Waals surface area contributed by atoms with Crippen LogP contribution in [0.5, 0.6) is 5.75 Å². The van der Waals surface area contributed by atoms with Gasteiger partial charge in [-0.15, -0.1) is 0 Å². The summed E-state index contributed by atoms with van der Waals surface area (Å²) in [5.41, 5.74) is 2.17. The summed E-state index contributed by atoms with van der Waals surface area (Å²) in [5, 5.41) is 12.3. The van der Waals surface area contributed by atoms with Gasteiger partial charge in [0.15, 0.2) is 0 Å². The van der Waals surface area contributed by atoms with Crippen molar-refractivity contribution in [1.29, 1.82) is 0 Å². The average Bonchev–Trinajstić information content (AvgIpc) is 2.26. The molecule has 0 aromatic heterocycles. The van der Waals surface area contributed by atoms with E-state index in [2.05, 4.69) is 5.32 Å². The maximum atomic E-state index is 13.0. The third kappa shape index (κ3) is 2.97. The standard InChI is InChI=1S/C14H13F2NO/c1-9-4-11(15)2-3-14(9)17-8-10-5-12(16)7-13(18)6-10/h2-7,17-18H,8H2,1H3. The third-order valence-corrected chi connectivity index (χ3v) is 2.61. The molecule has 0 amide bonds. The van der Waals surface area contributed by atoms with Gasteiger partial charge in [-0.25, -0.2) is 8.78 Å². The summed E-state index contributed by atoms with van der Waals surface area (Å²) in [7, 11) is 0. The molecule has 0 unspecified atom stereocenters. The second-order valence-corrected chi connectivity index (χ2v) is 4.13. The largest absolute Gasteiger partial charge is 0.508 e. The van der Waals surface area contributed by atoms with Crippen molar-refractivity contribution in [3.8, 4) is 5.75 Å². The van der Waals surface area contributed by atoms with Crippen LogP contribution in [0.4, 0.5) is 14.5 Å². The van der Waals surface area contributed by atoms with E-state index in [1.165, 1.54) is 24.3 Å². The highest BCUT2D eigenvalue weighted by molar-refractivity contribution is 5.51. The predicted octanol–water partition coefficient (Wildman–Crippen LogP) is 3.59. The van der Waals surface area contributed by atoms with Gasteiger partial charge in [0.25, 0.3) is 0 Å². The summed E-state index contributed by atoms with van der Waals surface area (Å²) < 4.78 is 26.0. The number of rotatable bonds is 3. The molecular formula is C14H13F2NO. The lowest BCUT2D eigenvalue weighted by molar-refractivity contribution is 0.468. The minimum atomic E-state index is -0.484. The average molecular weight is 249 g/mol. The number of phenolic OH excluding ortho intramolecular Hbond substituents is 1. The van der Waals surface area contributed by atoms with Crippen LogP contribution >= 0.6 is 0 Å². The fraction of sp³-hybridized carbons (Fsp3) is 0.143. The molecule has 18 heavy (non-hydrogen) atoms. The van der Waals surface area contributed by atoms with Gasteiger partial charge in [-0.2, -0.15) is 0 Å². The fourth-order valence-electron chi connectivity index (χ4n) is 1.76. The topological polar surface area (TPSA) is 32.3 Å². The molecule has 94 valence electrons. The minimum absolute atomic E-state index is 0.109. The van der Waals surface area contributed by atoms with Gasteiger partial charge in [-0.3, -0.25) is 0 Å². The van der Waals surface area contributed by atoms with Crippen molar-refractivity contribution in [2.75, 3.05) is 5.32 Å². The van der Waals surface area contributed by atoms with Gasteiger partial charge in [0, 0.05) is 18.3 Å². The van der Waals surface area contributed by atoms with Gasteiger partial charge in [0.2, 0.25) is 0 Å². The van der Waals surface area contributed by atoms with Crippen molar-refractivity contribution in [2.24, 2.45) is 0 Å². The van der Waals surface area contributed by atoms with E-state index in [-0.39, 0.29) is 11.6 Å². The molecule has 0 fully saturated rings. The van der Waals surface area contributed by atoms with E-state index in [9.17, 15) is 13.9 Å². The Bertz CT molecular complexity index is 549. The molecular weight excluding hydrogens is 236 g/mol. The molecule has 0 saturated heterocycles. The Kier molecular flexibility index (Phi) is 3.46. The highest BCUT2D eigenvalue weighted by Crippen LogP contribution is 2.19. The molecule has 2 aromatic rings. The van der Waals surface area contributed by atoms with E-state index in [4.69, 9.17) is 0 Å². The number of aryl methyl sites for hydroxylation is 1. The van der Waals surface area contributed by atoms with Gasteiger partial charge in [-0.05, 0) is 48.4 Å². The van der Waals surface area contributed by atoms with Crippen LogP contribution in [-0.4, -0.2) is 5.11 Å². The Labute approximate surface area is 104 Å². The quantitative estimate of drug-likeness (QED) is 0.871. The maximum Gasteiger partial charge on any atom is 0.127 e. The number of halogens is 2. The first-order valence-electron chi connectivity index (χ1n) is 5.53. The Balaban J connectivity index is 2.11. The van der Waals surface area contributed by atoms with Crippen molar-refractivity contribution >= 4 is 5.69 Å². The van der Waals surface area contributed by atoms with Crippen molar-refractivity contribution < 1.29 is 13.9 Å². The zero-order valence-electron chi connectivity index (χ0n) is 9.87. The van der Waals surface area contributed by atoms with E-state index >= 15 is 0 Å². The summed E-state index contributed by atoms with van der Waals surface area (Å²) in [4.78, 5) is 0. The van der Waals surface area contributed by atoms with E-state index in [1.54, 1.807) is 13.0 Å². The van der Waals surface area contributed by atoms with Crippen LogP contribution in [-0.2, 0) is 6.54 Å². The first kappa shape index (κ1) is 12.4. The molecule has 4 heteroatoms. The monoisotopic (exact) mass is 249 g/mol. The van der Waals surface area contributed by atoms with Crippen LogP contribution in [0, 0.1) is 18.6 Å². The Morgan fingerprint density at radius 2 is 1.83 bits per heavy atom. The Hall–Kier alpha value is -2.10. The van der Waals surface area contributed by atoms with Crippen molar-refractivity contribution in [3.05, 3.63) is 59.2 Å². The molecule has 2 rings (SSSR count). The van der Waals surface area contributed by atoms with Gasteiger partial charge >= 0.3 is 0 Å². The van der Waals surface area contributed by atoms with E-state index in [0.29, 0.717) is 12.1 Å². The van der Waals surface area contributed by atoms with Crippen LogP contribution in [0.2, 0.25) is 0 Å². The van der Waals surface area contributed by atoms with Crippen LogP contribution < -0.4 is 5.32 Å². The lowest BCUT2D eigenvalue weighted by Gasteiger charge is -2.10. The first-order valence-corrected chi connectivity index (χ1v) is 5.53. The molecule has 2 aromatic carbocycles. The molecule has 0 aliphatic carbocycles. The number of aromatic hydroxyl groups is 1. The molecule has 0 aliphatic heterocycles. The second-order valence-electron chi connectivity index (χ2n) is 4.13. The van der Waals surface area contributed by atoms with Gasteiger partial charge in [-0.1, -0.05) is 0 Å². The van der Waals surface area contributed by atoms with E-state index < -0.39 is 5.82 Å². The minimum Gasteiger partial charge on any atom is -0.508 e. The Morgan fingerprint density at radius 3 is 2.50 bits per heavy atom. The summed E-state index contributed by atoms with van der Waals surface area (Å²) in [5.74, 6) is -0.883. The molecule has 2 nitrogen and oxygen atoms in total. The smallest absolute Gasteiger partial charge is 0.127 e. The number of benzene rings is 2. The van der Waals surface area contributed by atoms with Gasteiger partial charge in [0.05, 0.1) is 0 Å². The van der Waals surface area contributed by atoms with E-state index in [0.717, 1.165) is 17.3 Å². The first-order chi connectivity index (χ1) is 8.54. The highest BCUT2D eigenvalue weighted by Gasteiger charge is 2.02. The maximum absolute atomic E-state index is 13.0. The lowest BCUT2D eigenvalue weighted by atomic mass is 10.1. The van der Waals surface area contributed by atoms with Crippen LogP contribution in [0.25, 0.3) is 0 Å². The molecule has 0 aliphatic rings. The molecule has 0 heterocycles. The normalized spacial score (nSPS) is 10.4. The zero-order chi connectivity index (χ0) is 13.1. The number of anilines is 1. The van der Waals surface area contributed by atoms with Crippen LogP contribution in [0.15, 0.2) is 36.4 Å². The third-order valence-electron chi connectivity index (χ3n) is 2.61. The summed E-state index contributed by atoms with van der Waals surface area (Å²) >= 11 is 0. The molecule has 2 N–H and O–H groups in total. The van der Waals surface area contributed by atoms with E-state index in [1.807, 2.05) is 0 Å². The summed E-state index contributed by atoms with van der Waals surface area (Å²) in [6, 6.07) is 8.28. The SMILES string of the molecule is Cc1cc(F)ccc1NCc1cc(O)cc(F)c1. The van der Waals surface area contributed by atoms with Gasteiger partial charge < -0.3 is 10.4 Å². The number of hydrogen-bond donors (Lipinski definition) is 2. The fourth-order valence-corrected chi connectivity index (χ4v) is 1.76. The van der Waals surface area contributed by atoms with Crippen LogP contribution in [0.3, 0.4) is 0 Å². The van der Waals surface area contributed by atoms with Crippen molar-refractivity contribution in [3.63, 3.8) is 0 Å². The lowest BCUT2D eigenvalue weighted by Crippen LogP contribution is -2.01. The highest BCUT2D eigenvalue weighted by atomic mass is 19.1. The molecule has 0 radical (unpaired) electrons. The molecule has 0 bridgehead atoms. The Morgan fingerprint density at radius 1 is 1.06 bits per heavy atom. The second kappa shape index (κ2) is 5.04. The van der Waals surface area contributed by atoms with Crippen molar-refractivity contribution in [2.45, 2.75) is 13.5 Å². The number of nitrogens with one attached hydrogen (secondary N) is 1. The molecule has 0 saturated carbocycles. The zero-order valence-corrected chi connectivity index (χ0v) is 9.87. The number of hydrogen-bond acceptors (Lipinski definition) is 2.